The second-order valence-electron chi connectivity index (χ2n) is 6.01. The predicted octanol–water partition coefficient (Wildman–Crippen LogP) is 3.95. The Labute approximate surface area is 124 Å². The van der Waals surface area contributed by atoms with Gasteiger partial charge in [-0.15, -0.1) is 11.3 Å². The van der Waals surface area contributed by atoms with Crippen LogP contribution in [0.1, 0.15) is 64.3 Å². The lowest BCUT2D eigenvalue weighted by Gasteiger charge is -2.14. The number of aromatic nitrogens is 1. The second kappa shape index (κ2) is 4.97. The van der Waals surface area contributed by atoms with Gasteiger partial charge in [0, 0.05) is 4.88 Å². The minimum absolute atomic E-state index is 0.0394. The van der Waals surface area contributed by atoms with E-state index < -0.39 is 0 Å². The van der Waals surface area contributed by atoms with Crippen LogP contribution in [-0.2, 0) is 12.8 Å². The van der Waals surface area contributed by atoms with Gasteiger partial charge in [-0.05, 0) is 55.6 Å². The van der Waals surface area contributed by atoms with Crippen molar-refractivity contribution in [3.05, 3.63) is 51.0 Å². The lowest BCUT2D eigenvalue weighted by atomic mass is 9.98. The van der Waals surface area contributed by atoms with Crippen molar-refractivity contribution in [2.75, 3.05) is 0 Å². The van der Waals surface area contributed by atoms with E-state index in [1.54, 1.807) is 0 Å². The van der Waals surface area contributed by atoms with E-state index in [2.05, 4.69) is 24.3 Å². The van der Waals surface area contributed by atoms with Gasteiger partial charge >= 0.3 is 0 Å². The fourth-order valence-corrected chi connectivity index (χ4v) is 4.37. The number of aryl methyl sites for hydroxylation is 2. The minimum atomic E-state index is -0.0394. The van der Waals surface area contributed by atoms with Crippen LogP contribution in [0.15, 0.2) is 24.3 Å². The third kappa shape index (κ3) is 2.19. The normalized spacial score (nSPS) is 19.6. The van der Waals surface area contributed by atoms with Gasteiger partial charge in [-0.25, -0.2) is 4.98 Å². The molecule has 1 unspecified atom stereocenters. The first-order valence-electron chi connectivity index (χ1n) is 7.66. The first-order chi connectivity index (χ1) is 9.83. The van der Waals surface area contributed by atoms with Crippen molar-refractivity contribution in [3.8, 4) is 0 Å². The molecule has 2 aromatic rings. The zero-order valence-electron chi connectivity index (χ0n) is 11.6. The van der Waals surface area contributed by atoms with Crippen LogP contribution in [0.4, 0.5) is 0 Å². The van der Waals surface area contributed by atoms with Crippen LogP contribution in [-0.4, -0.2) is 4.98 Å². The largest absolute Gasteiger partial charge is 0.318 e. The van der Waals surface area contributed by atoms with Gasteiger partial charge in [0.05, 0.1) is 11.7 Å². The van der Waals surface area contributed by atoms with E-state index in [1.165, 1.54) is 53.8 Å². The SMILES string of the molecule is NC(c1nc2c(s1)CCCC2)c1ccccc1C1CC1. The number of fused-ring (bicyclic) bond motifs is 1. The van der Waals surface area contributed by atoms with Crippen molar-refractivity contribution in [1.29, 1.82) is 0 Å². The molecule has 104 valence electrons. The molecule has 0 amide bonds. The molecule has 2 N–H and O–H groups in total. The summed E-state index contributed by atoms with van der Waals surface area (Å²) >= 11 is 1.84. The number of thiazole rings is 1. The summed E-state index contributed by atoms with van der Waals surface area (Å²) in [4.78, 5) is 6.32. The van der Waals surface area contributed by atoms with Crippen molar-refractivity contribution in [3.63, 3.8) is 0 Å². The summed E-state index contributed by atoms with van der Waals surface area (Å²) in [6.45, 7) is 0. The Hall–Kier alpha value is -1.19. The van der Waals surface area contributed by atoms with E-state index in [4.69, 9.17) is 10.7 Å². The van der Waals surface area contributed by atoms with Crippen LogP contribution in [0.3, 0.4) is 0 Å². The molecule has 1 atom stereocenters. The van der Waals surface area contributed by atoms with E-state index in [0.29, 0.717) is 0 Å². The molecule has 0 bridgehead atoms. The van der Waals surface area contributed by atoms with Gasteiger partial charge in [0.2, 0.25) is 0 Å². The Morgan fingerprint density at radius 3 is 2.75 bits per heavy atom. The van der Waals surface area contributed by atoms with Gasteiger partial charge in [-0.1, -0.05) is 24.3 Å². The summed E-state index contributed by atoms with van der Waals surface area (Å²) in [6, 6.07) is 8.65. The van der Waals surface area contributed by atoms with Gasteiger partial charge < -0.3 is 5.73 Å². The van der Waals surface area contributed by atoms with Gasteiger partial charge in [0.1, 0.15) is 5.01 Å². The monoisotopic (exact) mass is 284 g/mol. The van der Waals surface area contributed by atoms with E-state index >= 15 is 0 Å². The molecule has 2 aliphatic rings. The topological polar surface area (TPSA) is 38.9 Å². The van der Waals surface area contributed by atoms with Crippen LogP contribution >= 0.6 is 11.3 Å². The number of rotatable bonds is 3. The highest BCUT2D eigenvalue weighted by Gasteiger charge is 2.29. The Balaban J connectivity index is 1.69. The Kier molecular flexibility index (Phi) is 3.12. The van der Waals surface area contributed by atoms with Crippen LogP contribution in [0.25, 0.3) is 0 Å². The van der Waals surface area contributed by atoms with Crippen molar-refractivity contribution in [2.45, 2.75) is 50.5 Å². The van der Waals surface area contributed by atoms with E-state index in [-0.39, 0.29) is 6.04 Å². The zero-order valence-corrected chi connectivity index (χ0v) is 12.5. The third-order valence-electron chi connectivity index (χ3n) is 4.48. The van der Waals surface area contributed by atoms with E-state index in [9.17, 15) is 0 Å². The van der Waals surface area contributed by atoms with Gasteiger partial charge in [0.25, 0.3) is 0 Å². The van der Waals surface area contributed by atoms with Crippen molar-refractivity contribution in [2.24, 2.45) is 5.73 Å². The molecule has 3 heteroatoms. The molecule has 0 spiro atoms. The van der Waals surface area contributed by atoms with E-state index in [0.717, 1.165) is 17.3 Å². The van der Waals surface area contributed by atoms with Gasteiger partial charge in [-0.3, -0.25) is 0 Å². The molecule has 0 aliphatic heterocycles. The predicted molar refractivity (Wildman–Crippen MR) is 83.2 cm³/mol. The Bertz CT molecular complexity index is 604. The molecule has 0 saturated heterocycles. The average Bonchev–Trinajstić information content (AvgIpc) is 3.25. The van der Waals surface area contributed by atoms with Crippen LogP contribution in [0, 0.1) is 0 Å². The number of hydrogen-bond donors (Lipinski definition) is 1. The highest BCUT2D eigenvalue weighted by Crippen LogP contribution is 2.44. The van der Waals surface area contributed by atoms with E-state index in [1.807, 2.05) is 11.3 Å². The van der Waals surface area contributed by atoms with Crippen molar-refractivity contribution < 1.29 is 0 Å². The van der Waals surface area contributed by atoms with Gasteiger partial charge in [0.15, 0.2) is 0 Å². The molecule has 1 aromatic heterocycles. The first kappa shape index (κ1) is 12.5. The van der Waals surface area contributed by atoms with Gasteiger partial charge in [-0.2, -0.15) is 0 Å². The Morgan fingerprint density at radius 1 is 1.15 bits per heavy atom. The molecule has 2 aliphatic carbocycles. The molecule has 2 nitrogen and oxygen atoms in total. The second-order valence-corrected chi connectivity index (χ2v) is 7.13. The first-order valence-corrected chi connectivity index (χ1v) is 8.47. The van der Waals surface area contributed by atoms with Crippen LogP contribution in [0.5, 0.6) is 0 Å². The summed E-state index contributed by atoms with van der Waals surface area (Å²) in [7, 11) is 0. The molecule has 20 heavy (non-hydrogen) atoms. The molecule has 0 radical (unpaired) electrons. The molecule has 4 rings (SSSR count). The maximum Gasteiger partial charge on any atom is 0.114 e. The number of benzene rings is 1. The standard InChI is InChI=1S/C17H20N2S/c18-16(13-6-2-1-5-12(13)11-9-10-11)17-19-14-7-3-4-8-15(14)20-17/h1-2,5-6,11,16H,3-4,7-10,18H2. The highest BCUT2D eigenvalue weighted by atomic mass is 32.1. The Morgan fingerprint density at radius 2 is 1.95 bits per heavy atom. The molecule has 1 aromatic carbocycles. The maximum absolute atomic E-state index is 6.54. The fraction of sp³-hybridized carbons (Fsp3) is 0.471. The summed E-state index contributed by atoms with van der Waals surface area (Å²) < 4.78 is 0. The highest BCUT2D eigenvalue weighted by molar-refractivity contribution is 7.11. The quantitative estimate of drug-likeness (QED) is 0.927. The summed E-state index contributed by atoms with van der Waals surface area (Å²) in [5.74, 6) is 0.742. The lowest BCUT2D eigenvalue weighted by Crippen LogP contribution is -2.13. The molecule has 1 saturated carbocycles. The molecular weight excluding hydrogens is 264 g/mol. The van der Waals surface area contributed by atoms with Crippen LogP contribution < -0.4 is 5.73 Å². The number of hydrogen-bond acceptors (Lipinski definition) is 3. The van der Waals surface area contributed by atoms with Crippen molar-refractivity contribution in [1.82, 2.24) is 4.98 Å². The average molecular weight is 284 g/mol. The third-order valence-corrected chi connectivity index (χ3v) is 5.72. The molecular formula is C17H20N2S. The number of nitrogens with two attached hydrogens (primary N) is 1. The zero-order chi connectivity index (χ0) is 13.5. The lowest BCUT2D eigenvalue weighted by molar-refractivity contribution is 0.678. The summed E-state index contributed by atoms with van der Waals surface area (Å²) in [5.41, 5.74) is 10.6. The maximum atomic E-state index is 6.54. The van der Waals surface area contributed by atoms with Crippen molar-refractivity contribution >= 4 is 11.3 Å². The summed E-state index contributed by atoms with van der Waals surface area (Å²) in [5, 5.41) is 1.12. The molecule has 1 heterocycles. The minimum Gasteiger partial charge on any atom is -0.318 e. The summed E-state index contributed by atoms with van der Waals surface area (Å²) in [6.07, 6.45) is 7.57. The smallest absolute Gasteiger partial charge is 0.114 e. The van der Waals surface area contributed by atoms with Crippen LogP contribution in [0.2, 0.25) is 0 Å². The number of nitrogens with zero attached hydrogens (tertiary/aromatic N) is 1. The fourth-order valence-electron chi connectivity index (χ4n) is 3.20. The molecule has 1 fully saturated rings.